The van der Waals surface area contributed by atoms with Gasteiger partial charge in [-0.1, -0.05) is 17.7 Å². The number of halogens is 1. The van der Waals surface area contributed by atoms with E-state index in [1.165, 1.54) is 13.2 Å². The number of hydrogen-bond acceptors (Lipinski definition) is 6. The van der Waals surface area contributed by atoms with Gasteiger partial charge in [-0.15, -0.1) is 0 Å². The normalized spacial score (nSPS) is 11.7. The van der Waals surface area contributed by atoms with Crippen molar-refractivity contribution in [2.75, 3.05) is 21.3 Å². The maximum absolute atomic E-state index is 12.0. The summed E-state index contributed by atoms with van der Waals surface area (Å²) >= 11 is 6.14. The zero-order valence-electron chi connectivity index (χ0n) is 18.9. The van der Waals surface area contributed by atoms with Crippen LogP contribution in [0.4, 0.5) is 0 Å². The highest BCUT2D eigenvalue weighted by Crippen LogP contribution is 2.32. The highest BCUT2D eigenvalue weighted by molar-refractivity contribution is 6.33. The van der Waals surface area contributed by atoms with Gasteiger partial charge in [0.05, 0.1) is 49.0 Å². The molecule has 1 N–H and O–H groups in total. The average molecular weight is 479 g/mol. The molecule has 0 aliphatic carbocycles. The molecule has 1 heterocycles. The second-order valence-electron chi connectivity index (χ2n) is 7.43. The predicted molar refractivity (Wildman–Crippen MR) is 129 cm³/mol. The zero-order valence-corrected chi connectivity index (χ0v) is 19.6. The monoisotopic (exact) mass is 478 g/mol. The molecular weight excluding hydrogens is 456 g/mol. The molecule has 4 rings (SSSR count). The summed E-state index contributed by atoms with van der Waals surface area (Å²) in [5.74, 6) is 0.872. The molecule has 3 aromatic carbocycles. The van der Waals surface area contributed by atoms with Gasteiger partial charge < -0.3 is 19.3 Å². The Hall–Kier alpha value is -3.81. The Labute approximate surface area is 202 Å². The first kappa shape index (κ1) is 23.4. The van der Waals surface area contributed by atoms with E-state index in [0.717, 1.165) is 28.4 Å². The number of methoxy groups -OCH3 is 3. The van der Waals surface area contributed by atoms with Gasteiger partial charge in [-0.05, 0) is 72.3 Å². The van der Waals surface area contributed by atoms with E-state index < -0.39 is 12.1 Å². The molecule has 0 bridgehead atoms. The van der Waals surface area contributed by atoms with Crippen LogP contribution >= 0.6 is 11.6 Å². The number of esters is 1. The van der Waals surface area contributed by atoms with E-state index in [2.05, 4.69) is 0 Å². The van der Waals surface area contributed by atoms with Crippen molar-refractivity contribution in [2.24, 2.45) is 0 Å². The molecule has 174 valence electrons. The van der Waals surface area contributed by atoms with Gasteiger partial charge in [0.15, 0.2) is 0 Å². The van der Waals surface area contributed by atoms with Crippen LogP contribution in [0, 0.1) is 0 Å². The minimum atomic E-state index is -1.10. The van der Waals surface area contributed by atoms with Crippen LogP contribution in [0.15, 0.2) is 72.8 Å². The molecule has 34 heavy (non-hydrogen) atoms. The quantitative estimate of drug-likeness (QED) is 0.373. The fourth-order valence-electron chi connectivity index (χ4n) is 3.57. The highest BCUT2D eigenvalue weighted by atomic mass is 35.5. The van der Waals surface area contributed by atoms with Crippen LogP contribution in [0.2, 0.25) is 5.02 Å². The number of nitrogens with zero attached hydrogens (tertiary/aromatic N) is 2. The van der Waals surface area contributed by atoms with Crippen LogP contribution in [0.1, 0.15) is 27.7 Å². The summed E-state index contributed by atoms with van der Waals surface area (Å²) in [7, 11) is 4.49. The number of aliphatic hydroxyl groups is 1. The van der Waals surface area contributed by atoms with Crippen molar-refractivity contribution in [1.82, 2.24) is 9.78 Å². The van der Waals surface area contributed by atoms with E-state index in [9.17, 15) is 9.90 Å². The van der Waals surface area contributed by atoms with E-state index in [4.69, 9.17) is 30.9 Å². The summed E-state index contributed by atoms with van der Waals surface area (Å²) in [6.45, 7) is 0. The van der Waals surface area contributed by atoms with Gasteiger partial charge in [-0.25, -0.2) is 9.48 Å². The molecule has 1 unspecified atom stereocenters. The molecular formula is C26H23ClN2O5. The standard InChI is InChI=1S/C26H23ClN2O5/c1-32-19-9-4-16(5-10-19)24-15-23(28-29(24)18-7-11-20(33-2)12-8-18)25(30)17-6-13-22(27)21(14-17)26(31)34-3/h4-15,25,30H,1-3H3. The van der Waals surface area contributed by atoms with Gasteiger partial charge in [-0.2, -0.15) is 5.10 Å². The topological polar surface area (TPSA) is 82.8 Å². The van der Waals surface area contributed by atoms with Gasteiger partial charge >= 0.3 is 5.97 Å². The lowest BCUT2D eigenvalue weighted by molar-refractivity contribution is 0.0600. The summed E-state index contributed by atoms with van der Waals surface area (Å²) in [5, 5.41) is 16.1. The number of aromatic nitrogens is 2. The fourth-order valence-corrected chi connectivity index (χ4v) is 3.77. The number of aliphatic hydroxyl groups excluding tert-OH is 1. The van der Waals surface area contributed by atoms with Gasteiger partial charge in [-0.3, -0.25) is 0 Å². The number of rotatable bonds is 7. The van der Waals surface area contributed by atoms with Gasteiger partial charge in [0.2, 0.25) is 0 Å². The molecule has 0 radical (unpaired) electrons. The summed E-state index contributed by atoms with van der Waals surface area (Å²) in [6.07, 6.45) is -1.10. The lowest BCUT2D eigenvalue weighted by Gasteiger charge is -2.11. The zero-order chi connectivity index (χ0) is 24.2. The van der Waals surface area contributed by atoms with Crippen molar-refractivity contribution in [1.29, 1.82) is 0 Å². The molecule has 7 nitrogen and oxygen atoms in total. The summed E-state index contributed by atoms with van der Waals surface area (Å²) in [6, 6.07) is 21.5. The third kappa shape index (κ3) is 4.62. The molecule has 0 amide bonds. The summed E-state index contributed by atoms with van der Waals surface area (Å²) in [5.41, 5.74) is 3.48. The molecule has 0 fully saturated rings. The number of hydrogen-bond donors (Lipinski definition) is 1. The first-order valence-corrected chi connectivity index (χ1v) is 10.8. The van der Waals surface area contributed by atoms with E-state index >= 15 is 0 Å². The van der Waals surface area contributed by atoms with Crippen molar-refractivity contribution >= 4 is 17.6 Å². The first-order valence-electron chi connectivity index (χ1n) is 10.4. The molecule has 0 saturated carbocycles. The average Bonchev–Trinajstić information content (AvgIpc) is 3.33. The number of carbonyl (C=O) groups is 1. The Morgan fingerprint density at radius 2 is 1.53 bits per heavy atom. The smallest absolute Gasteiger partial charge is 0.339 e. The number of benzene rings is 3. The Kier molecular flexibility index (Phi) is 6.86. The van der Waals surface area contributed by atoms with Crippen LogP contribution in [0.5, 0.6) is 11.5 Å². The molecule has 8 heteroatoms. The third-order valence-electron chi connectivity index (χ3n) is 5.42. The summed E-state index contributed by atoms with van der Waals surface area (Å²) < 4.78 is 17.1. The van der Waals surface area contributed by atoms with E-state index in [0.29, 0.717) is 11.3 Å². The molecule has 1 aromatic heterocycles. The lowest BCUT2D eigenvalue weighted by atomic mass is 10.0. The van der Waals surface area contributed by atoms with E-state index in [1.807, 2.05) is 54.6 Å². The SMILES string of the molecule is COC(=O)c1cc(C(O)c2cc(-c3ccc(OC)cc3)n(-c3ccc(OC)cc3)n2)ccc1Cl. The lowest BCUT2D eigenvalue weighted by Crippen LogP contribution is -2.07. The molecule has 4 aromatic rings. The van der Waals surface area contributed by atoms with Crippen LogP contribution in [-0.2, 0) is 4.74 Å². The molecule has 0 spiro atoms. The van der Waals surface area contributed by atoms with Crippen molar-refractivity contribution in [3.8, 4) is 28.4 Å². The van der Waals surface area contributed by atoms with Crippen molar-refractivity contribution < 1.29 is 24.1 Å². The minimum absolute atomic E-state index is 0.172. The molecule has 1 atom stereocenters. The van der Waals surface area contributed by atoms with Crippen LogP contribution in [-0.4, -0.2) is 42.2 Å². The second kappa shape index (κ2) is 9.99. The van der Waals surface area contributed by atoms with Crippen LogP contribution < -0.4 is 9.47 Å². The van der Waals surface area contributed by atoms with E-state index in [-0.39, 0.29) is 10.6 Å². The van der Waals surface area contributed by atoms with Crippen LogP contribution in [0.3, 0.4) is 0 Å². The molecule has 0 aliphatic heterocycles. The van der Waals surface area contributed by atoms with Crippen molar-refractivity contribution in [3.05, 3.63) is 94.6 Å². The Morgan fingerprint density at radius 3 is 2.12 bits per heavy atom. The molecule has 0 aliphatic rings. The van der Waals surface area contributed by atoms with E-state index in [1.54, 1.807) is 31.0 Å². The Morgan fingerprint density at radius 1 is 0.912 bits per heavy atom. The third-order valence-corrected chi connectivity index (χ3v) is 5.75. The first-order chi connectivity index (χ1) is 16.4. The second-order valence-corrected chi connectivity index (χ2v) is 7.83. The summed E-state index contributed by atoms with van der Waals surface area (Å²) in [4.78, 5) is 12.0. The van der Waals surface area contributed by atoms with Crippen molar-refractivity contribution in [3.63, 3.8) is 0 Å². The number of carbonyl (C=O) groups excluding carboxylic acids is 1. The maximum atomic E-state index is 12.0. The van der Waals surface area contributed by atoms with Gasteiger partial charge in [0.1, 0.15) is 17.6 Å². The molecule has 0 saturated heterocycles. The predicted octanol–water partition coefficient (Wildman–Crippen LogP) is 5.08. The van der Waals surface area contributed by atoms with Gasteiger partial charge in [0, 0.05) is 5.56 Å². The highest BCUT2D eigenvalue weighted by Gasteiger charge is 2.21. The maximum Gasteiger partial charge on any atom is 0.339 e. The Balaban J connectivity index is 1.80. The van der Waals surface area contributed by atoms with Crippen LogP contribution in [0.25, 0.3) is 16.9 Å². The fraction of sp³-hybridized carbons (Fsp3) is 0.154. The Bertz CT molecular complexity index is 1240. The van der Waals surface area contributed by atoms with Crippen molar-refractivity contribution in [2.45, 2.75) is 6.10 Å². The number of ether oxygens (including phenoxy) is 3. The van der Waals surface area contributed by atoms with Gasteiger partial charge in [0.25, 0.3) is 0 Å². The largest absolute Gasteiger partial charge is 0.497 e. The minimum Gasteiger partial charge on any atom is -0.497 e.